The molecule has 0 bridgehead atoms. The van der Waals surface area contributed by atoms with Crippen molar-refractivity contribution in [2.24, 2.45) is 5.73 Å². The second-order valence-corrected chi connectivity index (χ2v) is 6.15. The van der Waals surface area contributed by atoms with Crippen molar-refractivity contribution < 1.29 is 51.1 Å². The summed E-state index contributed by atoms with van der Waals surface area (Å²) in [7, 11) is 0. The van der Waals surface area contributed by atoms with E-state index in [9.17, 15) is 40.9 Å². The number of hydrogen-bond donors (Lipinski definition) is 11. The molecule has 0 heterocycles. The summed E-state index contributed by atoms with van der Waals surface area (Å²) in [5.74, 6) is 0. The van der Waals surface area contributed by atoms with Crippen LogP contribution in [0.25, 0.3) is 0 Å². The highest BCUT2D eigenvalue weighted by Crippen LogP contribution is 2.10. The summed E-state index contributed by atoms with van der Waals surface area (Å²) in [4.78, 5) is 1.32. The van der Waals surface area contributed by atoms with Crippen LogP contribution in [-0.2, 0) is 0 Å². The molecule has 0 aliphatic heterocycles. The van der Waals surface area contributed by atoms with E-state index in [0.717, 1.165) is 0 Å². The van der Waals surface area contributed by atoms with Crippen molar-refractivity contribution in [3.8, 4) is 0 Å². The second kappa shape index (κ2) is 12.8. The van der Waals surface area contributed by atoms with E-state index in [4.69, 9.17) is 15.9 Å². The lowest BCUT2D eigenvalue weighted by Crippen LogP contribution is -2.53. The minimum absolute atomic E-state index is 0.0786. The van der Waals surface area contributed by atoms with Crippen LogP contribution in [0.4, 0.5) is 0 Å². The van der Waals surface area contributed by atoms with Crippen LogP contribution in [0, 0.1) is 0 Å². The molecule has 0 aliphatic carbocycles. The average molecular weight is 388 g/mol. The van der Waals surface area contributed by atoms with Gasteiger partial charge in [0.1, 0.15) is 36.6 Å². The number of hydrogen-bond acceptors (Lipinski definition) is 12. The summed E-state index contributed by atoms with van der Waals surface area (Å²) >= 11 is 0. The molecule has 8 atom stereocenters. The van der Waals surface area contributed by atoms with Gasteiger partial charge in [-0.05, 0) is 0 Å². The number of nitrogens with two attached hydrogens (primary N) is 1. The normalized spacial score (nSPS) is 21.7. The van der Waals surface area contributed by atoms with Crippen LogP contribution in [0.3, 0.4) is 0 Å². The lowest BCUT2D eigenvalue weighted by molar-refractivity contribution is -0.130. The van der Waals surface area contributed by atoms with Crippen LogP contribution < -0.4 is 5.73 Å². The Labute approximate surface area is 151 Å². The Hall–Kier alpha value is -0.480. The lowest BCUT2D eigenvalue weighted by Gasteiger charge is -2.33. The quantitative estimate of drug-likeness (QED) is 0.133. The van der Waals surface area contributed by atoms with Gasteiger partial charge in [-0.2, -0.15) is 0 Å². The third-order valence-corrected chi connectivity index (χ3v) is 3.99. The second-order valence-electron chi connectivity index (χ2n) is 6.15. The summed E-state index contributed by atoms with van der Waals surface area (Å²) in [5, 5.41) is 94.8. The Morgan fingerprint density at radius 1 is 0.577 bits per heavy atom. The molecule has 0 saturated carbocycles. The van der Waals surface area contributed by atoms with Gasteiger partial charge in [-0.1, -0.05) is 0 Å². The van der Waals surface area contributed by atoms with Gasteiger partial charge in [0.2, 0.25) is 0 Å². The molecular formula is C14H32N2O10. The van der Waals surface area contributed by atoms with Gasteiger partial charge < -0.3 is 56.8 Å². The molecule has 12 nitrogen and oxygen atoms in total. The fraction of sp³-hybridized carbons (Fsp3) is 1.00. The molecular weight excluding hydrogens is 356 g/mol. The van der Waals surface area contributed by atoms with Gasteiger partial charge in [-0.25, -0.2) is 0 Å². The summed E-state index contributed by atoms with van der Waals surface area (Å²) in [5.41, 5.74) is 5.42. The number of rotatable bonds is 14. The van der Waals surface area contributed by atoms with E-state index in [1.54, 1.807) is 0 Å². The number of nitrogens with zero attached hydrogens (tertiary/aromatic N) is 1. The van der Waals surface area contributed by atoms with Crippen molar-refractivity contribution >= 4 is 0 Å². The third kappa shape index (κ3) is 8.04. The number of aliphatic hydroxyl groups excluding tert-OH is 10. The molecule has 0 aliphatic rings. The predicted octanol–water partition coefficient (Wildman–Crippen LogP) is -6.88. The largest absolute Gasteiger partial charge is 0.394 e. The molecule has 0 fully saturated rings. The van der Waals surface area contributed by atoms with E-state index in [0.29, 0.717) is 0 Å². The monoisotopic (exact) mass is 388 g/mol. The summed E-state index contributed by atoms with van der Waals surface area (Å²) in [6.45, 7) is -2.12. The third-order valence-electron chi connectivity index (χ3n) is 3.99. The Balaban J connectivity index is 4.81. The zero-order chi connectivity index (χ0) is 20.4. The van der Waals surface area contributed by atoms with Crippen molar-refractivity contribution in [2.75, 3.05) is 39.4 Å². The maximum atomic E-state index is 9.96. The molecule has 0 aromatic heterocycles. The highest BCUT2D eigenvalue weighted by molar-refractivity contribution is 4.86. The summed E-state index contributed by atoms with van der Waals surface area (Å²) in [6, 6.07) is 0. The maximum absolute atomic E-state index is 9.96. The van der Waals surface area contributed by atoms with Gasteiger partial charge in [0.25, 0.3) is 0 Å². The maximum Gasteiger partial charge on any atom is 0.111 e. The molecule has 12 N–H and O–H groups in total. The van der Waals surface area contributed by atoms with E-state index in [-0.39, 0.29) is 26.2 Å². The standard InChI is InChI=1S/C14H32N2O10/c15-1-2-16(3-7(19)11(23)13(25)9(21)5-17)4-8(20)12(24)14(26)10(22)6-18/h7-14,17-26H,1-6,15H2/t7-,8-,9+,10+,11+,12+,13+,14+/m0/s1. The molecule has 0 spiro atoms. The molecule has 0 rings (SSSR count). The molecule has 0 aromatic rings. The van der Waals surface area contributed by atoms with Gasteiger partial charge in [-0.3, -0.25) is 4.90 Å². The highest BCUT2D eigenvalue weighted by atomic mass is 16.4. The van der Waals surface area contributed by atoms with Gasteiger partial charge in [0.15, 0.2) is 0 Å². The number of aliphatic hydroxyl groups is 10. The first kappa shape index (κ1) is 25.5. The van der Waals surface area contributed by atoms with E-state index in [1.807, 2.05) is 0 Å². The Morgan fingerprint density at radius 3 is 1.15 bits per heavy atom. The molecule has 0 unspecified atom stereocenters. The van der Waals surface area contributed by atoms with Crippen LogP contribution in [-0.4, -0.2) is 144 Å². The molecule has 0 saturated heterocycles. The topological polar surface area (TPSA) is 232 Å². The lowest BCUT2D eigenvalue weighted by atomic mass is 10.0. The van der Waals surface area contributed by atoms with Crippen molar-refractivity contribution in [1.29, 1.82) is 0 Å². The Morgan fingerprint density at radius 2 is 0.885 bits per heavy atom. The van der Waals surface area contributed by atoms with Gasteiger partial charge in [-0.15, -0.1) is 0 Å². The minimum atomic E-state index is -1.81. The predicted molar refractivity (Wildman–Crippen MR) is 87.7 cm³/mol. The SMILES string of the molecule is NCCN(C[C@H](O)[C@@H](O)[C@H](O)[C@H](O)CO)C[C@H](O)[C@@H](O)[C@H](O)[C@H](O)CO. The van der Waals surface area contributed by atoms with E-state index >= 15 is 0 Å². The first-order valence-corrected chi connectivity index (χ1v) is 8.19. The Bertz CT molecular complexity index is 337. The molecule has 0 radical (unpaired) electrons. The van der Waals surface area contributed by atoms with Crippen LogP contribution in [0.1, 0.15) is 0 Å². The average Bonchev–Trinajstić information content (AvgIpc) is 2.63. The molecule has 0 amide bonds. The van der Waals surface area contributed by atoms with Gasteiger partial charge >= 0.3 is 0 Å². The van der Waals surface area contributed by atoms with E-state index < -0.39 is 62.0 Å². The first-order chi connectivity index (χ1) is 12.1. The van der Waals surface area contributed by atoms with Crippen LogP contribution >= 0.6 is 0 Å². The fourth-order valence-corrected chi connectivity index (χ4v) is 2.31. The zero-order valence-electron chi connectivity index (χ0n) is 14.4. The van der Waals surface area contributed by atoms with Crippen molar-refractivity contribution in [3.63, 3.8) is 0 Å². The van der Waals surface area contributed by atoms with Crippen molar-refractivity contribution in [1.82, 2.24) is 4.90 Å². The Kier molecular flexibility index (Phi) is 12.6. The highest BCUT2D eigenvalue weighted by Gasteiger charge is 2.34. The van der Waals surface area contributed by atoms with Crippen LogP contribution in [0.5, 0.6) is 0 Å². The smallest absolute Gasteiger partial charge is 0.111 e. The van der Waals surface area contributed by atoms with Gasteiger partial charge in [0, 0.05) is 26.2 Å². The molecule has 26 heavy (non-hydrogen) atoms. The van der Waals surface area contributed by atoms with Crippen LogP contribution in [0.2, 0.25) is 0 Å². The zero-order valence-corrected chi connectivity index (χ0v) is 14.4. The fourth-order valence-electron chi connectivity index (χ4n) is 2.31. The summed E-state index contributed by atoms with van der Waals surface area (Å²) in [6.07, 6.45) is -13.7. The minimum Gasteiger partial charge on any atom is -0.394 e. The van der Waals surface area contributed by atoms with Crippen molar-refractivity contribution in [3.05, 3.63) is 0 Å². The molecule has 12 heteroatoms. The molecule has 0 aromatic carbocycles. The van der Waals surface area contributed by atoms with E-state index in [2.05, 4.69) is 0 Å². The van der Waals surface area contributed by atoms with Crippen molar-refractivity contribution in [2.45, 2.75) is 48.8 Å². The van der Waals surface area contributed by atoms with Gasteiger partial charge in [0.05, 0.1) is 25.4 Å². The van der Waals surface area contributed by atoms with E-state index in [1.165, 1.54) is 4.90 Å². The summed E-state index contributed by atoms with van der Waals surface area (Å²) < 4.78 is 0. The first-order valence-electron chi connectivity index (χ1n) is 8.19. The molecule has 158 valence electrons. The van der Waals surface area contributed by atoms with Crippen LogP contribution in [0.15, 0.2) is 0 Å².